The summed E-state index contributed by atoms with van der Waals surface area (Å²) in [4.78, 5) is 12.6. The summed E-state index contributed by atoms with van der Waals surface area (Å²) in [5.41, 5.74) is 2.77. The Kier molecular flexibility index (Phi) is 4.30. The number of ether oxygens (including phenoxy) is 1. The van der Waals surface area contributed by atoms with Gasteiger partial charge in [0.05, 0.1) is 12.1 Å². The van der Waals surface area contributed by atoms with E-state index in [9.17, 15) is 14.3 Å². The standard InChI is InChI=1S/C21H23FN2O3/c1-21(2)11-18(14-6-4-7-16(22)19(14)27-21)24-20(26)23-17-8-3-5-12-9-13(25)10-15(12)17/h3-8,13,18,25H,9-11H2,1-2H3,(H2,23,24,26)/t13-,18-/m1/s1. The third-order valence-electron chi connectivity index (χ3n) is 5.17. The number of para-hydroxylation sites is 1. The minimum Gasteiger partial charge on any atom is -0.484 e. The van der Waals surface area contributed by atoms with Crippen molar-refractivity contribution in [3.05, 3.63) is 58.9 Å². The number of aliphatic hydroxyl groups excluding tert-OH is 1. The predicted octanol–water partition coefficient (Wildman–Crippen LogP) is 3.71. The van der Waals surface area contributed by atoms with Gasteiger partial charge in [0.1, 0.15) is 5.60 Å². The Hall–Kier alpha value is -2.60. The Labute approximate surface area is 157 Å². The molecule has 27 heavy (non-hydrogen) atoms. The first kappa shape index (κ1) is 17.8. The van der Waals surface area contributed by atoms with Crippen LogP contribution < -0.4 is 15.4 Å². The Balaban J connectivity index is 1.54. The van der Waals surface area contributed by atoms with Crippen molar-refractivity contribution in [3.8, 4) is 5.75 Å². The van der Waals surface area contributed by atoms with E-state index in [0.717, 1.165) is 11.1 Å². The molecule has 0 spiro atoms. The summed E-state index contributed by atoms with van der Waals surface area (Å²) in [5.74, 6) is -0.231. The molecule has 0 saturated carbocycles. The number of aliphatic hydroxyl groups is 1. The molecule has 2 aromatic carbocycles. The van der Waals surface area contributed by atoms with Crippen LogP contribution in [0.5, 0.6) is 5.75 Å². The number of fused-ring (bicyclic) bond motifs is 2. The van der Waals surface area contributed by atoms with Crippen LogP contribution in [-0.4, -0.2) is 22.8 Å². The molecule has 6 heteroatoms. The van der Waals surface area contributed by atoms with Gasteiger partial charge in [0, 0.05) is 24.1 Å². The van der Waals surface area contributed by atoms with Crippen LogP contribution in [0.15, 0.2) is 36.4 Å². The van der Waals surface area contributed by atoms with Gasteiger partial charge in [-0.2, -0.15) is 0 Å². The molecular formula is C21H23FN2O3. The SMILES string of the molecule is CC1(C)C[C@@H](NC(=O)Nc2cccc3c2C[C@H](O)C3)c2cccc(F)c2O1. The van der Waals surface area contributed by atoms with Gasteiger partial charge in [-0.15, -0.1) is 0 Å². The van der Waals surface area contributed by atoms with Crippen molar-refractivity contribution in [2.45, 2.75) is 50.9 Å². The fraction of sp³-hybridized carbons (Fsp3) is 0.381. The molecule has 5 nitrogen and oxygen atoms in total. The minimum atomic E-state index is -0.592. The average Bonchev–Trinajstić information content (AvgIpc) is 2.96. The number of hydrogen-bond donors (Lipinski definition) is 3. The third-order valence-corrected chi connectivity index (χ3v) is 5.17. The van der Waals surface area contributed by atoms with Crippen LogP contribution in [0.2, 0.25) is 0 Å². The molecule has 2 aliphatic rings. The molecule has 3 N–H and O–H groups in total. The van der Waals surface area contributed by atoms with E-state index in [4.69, 9.17) is 4.74 Å². The maximum atomic E-state index is 14.2. The van der Waals surface area contributed by atoms with Crippen LogP contribution >= 0.6 is 0 Å². The Bertz CT molecular complexity index is 897. The first-order valence-electron chi connectivity index (χ1n) is 9.16. The van der Waals surface area contributed by atoms with Crippen LogP contribution in [0.3, 0.4) is 0 Å². The zero-order valence-corrected chi connectivity index (χ0v) is 15.4. The highest BCUT2D eigenvalue weighted by molar-refractivity contribution is 5.90. The van der Waals surface area contributed by atoms with Gasteiger partial charge in [0.2, 0.25) is 0 Å². The molecule has 0 bridgehead atoms. The summed E-state index contributed by atoms with van der Waals surface area (Å²) in [5, 5.41) is 15.7. The second kappa shape index (κ2) is 6.53. The fourth-order valence-corrected chi connectivity index (χ4v) is 4.02. The second-order valence-corrected chi connectivity index (χ2v) is 7.88. The molecule has 0 fully saturated rings. The van der Waals surface area contributed by atoms with E-state index in [1.165, 1.54) is 6.07 Å². The molecule has 2 atom stereocenters. The van der Waals surface area contributed by atoms with Crippen LogP contribution in [0, 0.1) is 5.82 Å². The highest BCUT2D eigenvalue weighted by Crippen LogP contribution is 2.41. The molecule has 2 aromatic rings. The number of urea groups is 1. The van der Waals surface area contributed by atoms with Crippen molar-refractivity contribution >= 4 is 11.7 Å². The first-order chi connectivity index (χ1) is 12.8. The first-order valence-corrected chi connectivity index (χ1v) is 9.16. The van der Waals surface area contributed by atoms with Crippen LogP contribution in [0.1, 0.15) is 43.0 Å². The van der Waals surface area contributed by atoms with E-state index in [-0.39, 0.29) is 17.8 Å². The summed E-state index contributed by atoms with van der Waals surface area (Å²) >= 11 is 0. The monoisotopic (exact) mass is 370 g/mol. The largest absolute Gasteiger partial charge is 0.484 e. The molecular weight excluding hydrogens is 347 g/mol. The molecule has 1 heterocycles. The zero-order chi connectivity index (χ0) is 19.2. The maximum absolute atomic E-state index is 14.2. The molecule has 0 saturated heterocycles. The van der Waals surface area contributed by atoms with Crippen LogP contribution in [0.4, 0.5) is 14.9 Å². The highest BCUT2D eigenvalue weighted by atomic mass is 19.1. The molecule has 4 rings (SSSR count). The number of hydrogen-bond acceptors (Lipinski definition) is 3. The fourth-order valence-electron chi connectivity index (χ4n) is 4.02. The van der Waals surface area contributed by atoms with Crippen LogP contribution in [-0.2, 0) is 12.8 Å². The average molecular weight is 370 g/mol. The number of carbonyl (C=O) groups excluding carboxylic acids is 1. The van der Waals surface area contributed by atoms with Crippen molar-refractivity contribution in [2.75, 3.05) is 5.32 Å². The van der Waals surface area contributed by atoms with E-state index in [1.807, 2.05) is 32.0 Å². The molecule has 0 radical (unpaired) electrons. The van der Waals surface area contributed by atoms with Gasteiger partial charge < -0.3 is 20.5 Å². The molecule has 142 valence electrons. The number of nitrogens with one attached hydrogen (secondary N) is 2. The van der Waals surface area contributed by atoms with E-state index >= 15 is 0 Å². The maximum Gasteiger partial charge on any atom is 0.319 e. The van der Waals surface area contributed by atoms with E-state index < -0.39 is 17.5 Å². The van der Waals surface area contributed by atoms with E-state index in [1.54, 1.807) is 12.1 Å². The van der Waals surface area contributed by atoms with Crippen molar-refractivity contribution in [3.63, 3.8) is 0 Å². The molecule has 2 amide bonds. The number of halogens is 1. The van der Waals surface area contributed by atoms with Crippen molar-refractivity contribution < 1.29 is 19.0 Å². The summed E-state index contributed by atoms with van der Waals surface area (Å²) in [7, 11) is 0. The summed E-state index contributed by atoms with van der Waals surface area (Å²) < 4.78 is 20.0. The van der Waals surface area contributed by atoms with Gasteiger partial charge >= 0.3 is 6.03 Å². The summed E-state index contributed by atoms with van der Waals surface area (Å²) in [6.45, 7) is 3.75. The van der Waals surface area contributed by atoms with Crippen molar-refractivity contribution in [1.82, 2.24) is 5.32 Å². The number of rotatable bonds is 2. The zero-order valence-electron chi connectivity index (χ0n) is 15.4. The quantitative estimate of drug-likeness (QED) is 0.755. The Morgan fingerprint density at radius 3 is 2.81 bits per heavy atom. The molecule has 1 aliphatic carbocycles. The molecule has 0 aromatic heterocycles. The number of carbonyl (C=O) groups is 1. The summed E-state index contributed by atoms with van der Waals surface area (Å²) in [6.07, 6.45) is 1.26. The predicted molar refractivity (Wildman–Crippen MR) is 100 cm³/mol. The minimum absolute atomic E-state index is 0.197. The van der Waals surface area contributed by atoms with Crippen LogP contribution in [0.25, 0.3) is 0 Å². The van der Waals surface area contributed by atoms with Gasteiger partial charge in [0.25, 0.3) is 0 Å². The normalized spacial score (nSPS) is 22.4. The van der Waals surface area contributed by atoms with Gasteiger partial charge in [-0.3, -0.25) is 0 Å². The van der Waals surface area contributed by atoms with Crippen molar-refractivity contribution in [1.29, 1.82) is 0 Å². The molecule has 1 aliphatic heterocycles. The highest BCUT2D eigenvalue weighted by Gasteiger charge is 2.36. The van der Waals surface area contributed by atoms with Gasteiger partial charge in [0.15, 0.2) is 11.6 Å². The summed E-state index contributed by atoms with van der Waals surface area (Å²) in [6, 6.07) is 9.70. The smallest absolute Gasteiger partial charge is 0.319 e. The lowest BCUT2D eigenvalue weighted by Gasteiger charge is -2.38. The number of anilines is 1. The lowest BCUT2D eigenvalue weighted by molar-refractivity contribution is 0.0630. The lowest BCUT2D eigenvalue weighted by Crippen LogP contribution is -2.42. The molecule has 0 unspecified atom stereocenters. The Morgan fingerprint density at radius 1 is 1.22 bits per heavy atom. The lowest BCUT2D eigenvalue weighted by atomic mass is 9.89. The Morgan fingerprint density at radius 2 is 2.00 bits per heavy atom. The van der Waals surface area contributed by atoms with E-state index in [0.29, 0.717) is 30.5 Å². The topological polar surface area (TPSA) is 70.6 Å². The van der Waals surface area contributed by atoms with Gasteiger partial charge in [-0.05, 0) is 43.5 Å². The van der Waals surface area contributed by atoms with Gasteiger partial charge in [-0.1, -0.05) is 24.3 Å². The van der Waals surface area contributed by atoms with E-state index in [2.05, 4.69) is 10.6 Å². The number of benzene rings is 2. The second-order valence-electron chi connectivity index (χ2n) is 7.88. The van der Waals surface area contributed by atoms with Crippen molar-refractivity contribution in [2.24, 2.45) is 0 Å². The van der Waals surface area contributed by atoms with Gasteiger partial charge in [-0.25, -0.2) is 9.18 Å². The third kappa shape index (κ3) is 3.49. The number of amides is 2.